The Hall–Kier alpha value is -3.67. The highest BCUT2D eigenvalue weighted by Crippen LogP contribution is 2.19. The van der Waals surface area contributed by atoms with Gasteiger partial charge >= 0.3 is 0 Å². The molecule has 5 nitrogen and oxygen atoms in total. The van der Waals surface area contributed by atoms with E-state index >= 15 is 0 Å². The van der Waals surface area contributed by atoms with Crippen LogP contribution in [0, 0.1) is 12.7 Å². The molecular weight excluding hydrogens is 429 g/mol. The fraction of sp³-hybridized carbons (Fsp3) is 0.286. The van der Waals surface area contributed by atoms with Crippen molar-refractivity contribution in [3.05, 3.63) is 95.6 Å². The number of aromatic nitrogens is 2. The molecule has 6 heteroatoms. The smallest absolute Gasteiger partial charge is 0.251 e. The SMILES string of the molecule is Cc1ccccc1OCCCCn1c(CCCNC(=O)c2ccc(F)cc2)nc2ccccc21. The van der Waals surface area contributed by atoms with E-state index in [4.69, 9.17) is 9.72 Å². The number of hydrogen-bond donors (Lipinski definition) is 1. The summed E-state index contributed by atoms with van der Waals surface area (Å²) in [7, 11) is 0. The largest absolute Gasteiger partial charge is 0.493 e. The molecule has 0 fully saturated rings. The van der Waals surface area contributed by atoms with Gasteiger partial charge in [-0.15, -0.1) is 0 Å². The van der Waals surface area contributed by atoms with Gasteiger partial charge in [0.05, 0.1) is 17.6 Å². The van der Waals surface area contributed by atoms with E-state index in [1.807, 2.05) is 36.4 Å². The summed E-state index contributed by atoms with van der Waals surface area (Å²) < 4.78 is 21.3. The number of carbonyl (C=O) groups excluding carboxylic acids is 1. The summed E-state index contributed by atoms with van der Waals surface area (Å²) in [5, 5.41) is 2.91. The first-order valence-electron chi connectivity index (χ1n) is 11.8. The van der Waals surface area contributed by atoms with E-state index in [0.29, 0.717) is 18.7 Å². The quantitative estimate of drug-likeness (QED) is 0.293. The molecule has 0 saturated carbocycles. The van der Waals surface area contributed by atoms with Crippen LogP contribution in [0.5, 0.6) is 5.75 Å². The fourth-order valence-electron chi connectivity index (χ4n) is 3.99. The molecule has 0 bridgehead atoms. The summed E-state index contributed by atoms with van der Waals surface area (Å²) in [5.41, 5.74) is 3.73. The zero-order chi connectivity index (χ0) is 23.8. The summed E-state index contributed by atoms with van der Waals surface area (Å²) in [5.74, 6) is 1.43. The Balaban J connectivity index is 1.29. The van der Waals surface area contributed by atoms with Crippen LogP contribution in [0.1, 0.15) is 41.0 Å². The third-order valence-corrected chi connectivity index (χ3v) is 5.83. The molecule has 0 spiro atoms. The first kappa shape index (κ1) is 23.5. The van der Waals surface area contributed by atoms with E-state index in [-0.39, 0.29) is 11.7 Å². The third kappa shape index (κ3) is 6.01. The summed E-state index contributed by atoms with van der Waals surface area (Å²) in [6.45, 7) is 4.14. The van der Waals surface area contributed by atoms with Crippen molar-refractivity contribution in [2.24, 2.45) is 0 Å². The van der Waals surface area contributed by atoms with Gasteiger partial charge in [-0.2, -0.15) is 0 Å². The monoisotopic (exact) mass is 459 g/mol. The second kappa shape index (κ2) is 11.5. The zero-order valence-corrected chi connectivity index (χ0v) is 19.5. The fourth-order valence-corrected chi connectivity index (χ4v) is 3.99. The highest BCUT2D eigenvalue weighted by atomic mass is 19.1. The van der Waals surface area contributed by atoms with Crippen molar-refractivity contribution in [1.82, 2.24) is 14.9 Å². The van der Waals surface area contributed by atoms with Gasteiger partial charge in [0.1, 0.15) is 17.4 Å². The second-order valence-electron chi connectivity index (χ2n) is 8.36. The minimum absolute atomic E-state index is 0.192. The minimum Gasteiger partial charge on any atom is -0.493 e. The number of aryl methyl sites for hydroxylation is 3. The van der Waals surface area contributed by atoms with Gasteiger partial charge in [-0.1, -0.05) is 30.3 Å². The Morgan fingerprint density at radius 1 is 0.971 bits per heavy atom. The first-order chi connectivity index (χ1) is 16.6. The lowest BCUT2D eigenvalue weighted by Gasteiger charge is -2.11. The van der Waals surface area contributed by atoms with Crippen LogP contribution in [-0.2, 0) is 13.0 Å². The van der Waals surface area contributed by atoms with Gasteiger partial charge in [-0.25, -0.2) is 9.37 Å². The number of nitrogens with one attached hydrogen (secondary N) is 1. The summed E-state index contributed by atoms with van der Waals surface area (Å²) in [4.78, 5) is 17.1. The molecular formula is C28H30FN3O2. The number of ether oxygens (including phenoxy) is 1. The second-order valence-corrected chi connectivity index (χ2v) is 8.36. The molecule has 34 heavy (non-hydrogen) atoms. The van der Waals surface area contributed by atoms with Crippen LogP contribution >= 0.6 is 0 Å². The molecule has 3 aromatic carbocycles. The van der Waals surface area contributed by atoms with Crippen molar-refractivity contribution in [3.8, 4) is 5.75 Å². The van der Waals surface area contributed by atoms with Gasteiger partial charge in [-0.3, -0.25) is 4.79 Å². The number of rotatable bonds is 11. The standard InChI is InChI=1S/C28H30FN3O2/c1-21-9-2-5-12-26(21)34-20-7-6-19-32-25-11-4-3-10-24(25)31-27(32)13-8-18-30-28(33)22-14-16-23(29)17-15-22/h2-5,9-12,14-17H,6-8,13,18-20H2,1H3,(H,30,33). The Bertz CT molecular complexity index is 1230. The van der Waals surface area contributed by atoms with E-state index < -0.39 is 0 Å². The molecule has 0 aliphatic carbocycles. The molecule has 1 amide bonds. The maximum atomic E-state index is 13.0. The number of benzene rings is 3. The lowest BCUT2D eigenvalue weighted by molar-refractivity contribution is 0.0953. The summed E-state index contributed by atoms with van der Waals surface area (Å²) in [6.07, 6.45) is 3.47. The van der Waals surface area contributed by atoms with Crippen LogP contribution < -0.4 is 10.1 Å². The zero-order valence-electron chi connectivity index (χ0n) is 19.5. The number of amides is 1. The highest BCUT2D eigenvalue weighted by Gasteiger charge is 2.11. The molecule has 4 rings (SSSR count). The number of hydrogen-bond acceptors (Lipinski definition) is 3. The van der Waals surface area contributed by atoms with Gasteiger partial charge in [0, 0.05) is 25.1 Å². The summed E-state index contributed by atoms with van der Waals surface area (Å²) in [6, 6.07) is 21.8. The average molecular weight is 460 g/mol. The number of imidazole rings is 1. The number of fused-ring (bicyclic) bond motifs is 1. The Morgan fingerprint density at radius 3 is 2.56 bits per heavy atom. The van der Waals surface area contributed by atoms with Crippen LogP contribution in [0.3, 0.4) is 0 Å². The van der Waals surface area contributed by atoms with Crippen LogP contribution in [0.4, 0.5) is 4.39 Å². The van der Waals surface area contributed by atoms with E-state index in [1.165, 1.54) is 24.3 Å². The normalized spacial score (nSPS) is 11.0. The Labute approximate surface area is 199 Å². The summed E-state index contributed by atoms with van der Waals surface area (Å²) >= 11 is 0. The molecule has 0 radical (unpaired) electrons. The van der Waals surface area contributed by atoms with E-state index in [0.717, 1.165) is 60.4 Å². The van der Waals surface area contributed by atoms with Crippen molar-refractivity contribution >= 4 is 16.9 Å². The van der Waals surface area contributed by atoms with Crippen LogP contribution in [0.15, 0.2) is 72.8 Å². The lowest BCUT2D eigenvalue weighted by Crippen LogP contribution is -2.25. The van der Waals surface area contributed by atoms with Gasteiger partial charge < -0.3 is 14.6 Å². The van der Waals surface area contributed by atoms with Gasteiger partial charge in [0.25, 0.3) is 5.91 Å². The number of para-hydroxylation sites is 3. The van der Waals surface area contributed by atoms with Crippen molar-refractivity contribution in [2.75, 3.05) is 13.2 Å². The topological polar surface area (TPSA) is 56.1 Å². The number of carbonyl (C=O) groups is 1. The van der Waals surface area contributed by atoms with Crippen molar-refractivity contribution in [2.45, 2.75) is 39.2 Å². The van der Waals surface area contributed by atoms with E-state index in [2.05, 4.69) is 28.9 Å². The minimum atomic E-state index is -0.350. The van der Waals surface area contributed by atoms with Crippen molar-refractivity contribution in [3.63, 3.8) is 0 Å². The van der Waals surface area contributed by atoms with E-state index in [1.54, 1.807) is 0 Å². The number of halogens is 1. The van der Waals surface area contributed by atoms with Gasteiger partial charge in [0.15, 0.2) is 0 Å². The lowest BCUT2D eigenvalue weighted by atomic mass is 10.2. The molecule has 0 aliphatic heterocycles. The van der Waals surface area contributed by atoms with Crippen LogP contribution in [0.2, 0.25) is 0 Å². The van der Waals surface area contributed by atoms with E-state index in [9.17, 15) is 9.18 Å². The highest BCUT2D eigenvalue weighted by molar-refractivity contribution is 5.94. The maximum absolute atomic E-state index is 13.0. The van der Waals surface area contributed by atoms with Crippen molar-refractivity contribution < 1.29 is 13.9 Å². The Morgan fingerprint density at radius 2 is 1.74 bits per heavy atom. The predicted octanol–water partition coefficient (Wildman–Crippen LogP) is 5.71. The third-order valence-electron chi connectivity index (χ3n) is 5.83. The van der Waals surface area contributed by atoms with Gasteiger partial charge in [-0.05, 0) is 74.2 Å². The molecule has 0 unspecified atom stereocenters. The molecule has 0 saturated heterocycles. The Kier molecular flexibility index (Phi) is 7.91. The molecule has 1 heterocycles. The van der Waals surface area contributed by atoms with Crippen LogP contribution in [-0.4, -0.2) is 28.6 Å². The molecule has 176 valence electrons. The van der Waals surface area contributed by atoms with Gasteiger partial charge in [0.2, 0.25) is 0 Å². The number of unbranched alkanes of at least 4 members (excludes halogenated alkanes) is 1. The average Bonchev–Trinajstić information content (AvgIpc) is 3.20. The molecule has 4 aromatic rings. The maximum Gasteiger partial charge on any atom is 0.251 e. The predicted molar refractivity (Wildman–Crippen MR) is 133 cm³/mol. The molecule has 0 aliphatic rings. The van der Waals surface area contributed by atoms with Crippen molar-refractivity contribution in [1.29, 1.82) is 0 Å². The molecule has 1 N–H and O–H groups in total. The molecule has 1 aromatic heterocycles. The van der Waals surface area contributed by atoms with Crippen LogP contribution in [0.25, 0.3) is 11.0 Å². The number of nitrogens with zero attached hydrogens (tertiary/aromatic N) is 2. The first-order valence-corrected chi connectivity index (χ1v) is 11.8. The molecule has 0 atom stereocenters.